The number of hydrazone groups is 2. The minimum atomic E-state index is 0.303. The SMILES string of the molecule is C/C(=N/Nc1ccccc1)C(=NO)/C(C)=N\Nc1ccccc1. The van der Waals surface area contributed by atoms with Gasteiger partial charge in [-0.15, -0.1) is 0 Å². The lowest BCUT2D eigenvalue weighted by molar-refractivity contribution is 0.321. The van der Waals surface area contributed by atoms with Crippen molar-refractivity contribution in [3.63, 3.8) is 0 Å². The van der Waals surface area contributed by atoms with Crippen molar-refractivity contribution in [3.8, 4) is 0 Å². The van der Waals surface area contributed by atoms with E-state index in [0.717, 1.165) is 11.4 Å². The molecule has 6 heteroatoms. The molecule has 0 saturated heterocycles. The van der Waals surface area contributed by atoms with Crippen LogP contribution in [0.2, 0.25) is 0 Å². The molecule has 2 aromatic rings. The third-order valence-corrected chi connectivity index (χ3v) is 3.04. The summed E-state index contributed by atoms with van der Waals surface area (Å²) in [5.41, 5.74) is 8.86. The molecule has 0 aromatic heterocycles. The molecule has 0 atom stereocenters. The van der Waals surface area contributed by atoms with Crippen LogP contribution >= 0.6 is 0 Å². The van der Waals surface area contributed by atoms with E-state index in [0.29, 0.717) is 17.1 Å². The number of nitrogens with zero attached hydrogens (tertiary/aromatic N) is 3. The second kappa shape index (κ2) is 8.33. The highest BCUT2D eigenvalue weighted by molar-refractivity contribution is 6.67. The maximum Gasteiger partial charge on any atom is 0.148 e. The van der Waals surface area contributed by atoms with E-state index in [2.05, 4.69) is 26.2 Å². The Morgan fingerprint density at radius 1 is 0.739 bits per heavy atom. The third kappa shape index (κ3) is 4.96. The highest BCUT2D eigenvalue weighted by Crippen LogP contribution is 2.06. The first-order chi connectivity index (χ1) is 11.2. The molecule has 23 heavy (non-hydrogen) atoms. The minimum Gasteiger partial charge on any atom is -0.410 e. The Morgan fingerprint density at radius 3 is 1.48 bits per heavy atom. The lowest BCUT2D eigenvalue weighted by Crippen LogP contribution is -2.22. The summed E-state index contributed by atoms with van der Waals surface area (Å²) in [6.07, 6.45) is 0. The first-order valence-corrected chi connectivity index (χ1v) is 7.14. The van der Waals surface area contributed by atoms with Crippen LogP contribution in [0.5, 0.6) is 0 Å². The number of oxime groups is 1. The molecule has 118 valence electrons. The molecular weight excluding hydrogens is 290 g/mol. The molecule has 0 aliphatic heterocycles. The van der Waals surface area contributed by atoms with E-state index < -0.39 is 0 Å². The topological polar surface area (TPSA) is 81.4 Å². The Labute approximate surface area is 135 Å². The number of para-hydroxylation sites is 2. The molecule has 2 aromatic carbocycles. The van der Waals surface area contributed by atoms with Gasteiger partial charge in [-0.1, -0.05) is 41.6 Å². The summed E-state index contributed by atoms with van der Waals surface area (Å²) in [6, 6.07) is 19.1. The van der Waals surface area contributed by atoms with Gasteiger partial charge in [0.1, 0.15) is 5.71 Å². The maximum atomic E-state index is 9.23. The van der Waals surface area contributed by atoms with Gasteiger partial charge in [-0.2, -0.15) is 10.2 Å². The van der Waals surface area contributed by atoms with Gasteiger partial charge in [-0.05, 0) is 38.1 Å². The quantitative estimate of drug-likeness (QED) is 0.431. The third-order valence-electron chi connectivity index (χ3n) is 3.04. The molecule has 0 aliphatic carbocycles. The van der Waals surface area contributed by atoms with Gasteiger partial charge in [0.25, 0.3) is 0 Å². The summed E-state index contributed by atoms with van der Waals surface area (Å²) in [4.78, 5) is 0. The molecule has 0 spiro atoms. The van der Waals surface area contributed by atoms with Crippen LogP contribution in [0.15, 0.2) is 76.0 Å². The predicted molar refractivity (Wildman–Crippen MR) is 95.6 cm³/mol. The van der Waals surface area contributed by atoms with Crippen molar-refractivity contribution < 1.29 is 5.21 Å². The number of benzene rings is 2. The van der Waals surface area contributed by atoms with Crippen molar-refractivity contribution in [2.75, 3.05) is 10.9 Å². The van der Waals surface area contributed by atoms with Crippen molar-refractivity contribution in [3.05, 3.63) is 60.7 Å². The fourth-order valence-electron chi connectivity index (χ4n) is 1.83. The molecule has 0 aliphatic rings. The fraction of sp³-hybridized carbons (Fsp3) is 0.118. The summed E-state index contributed by atoms with van der Waals surface area (Å²) in [5.74, 6) is 0. The van der Waals surface area contributed by atoms with Crippen LogP contribution in [-0.4, -0.2) is 22.3 Å². The van der Waals surface area contributed by atoms with E-state index in [1.165, 1.54) is 0 Å². The van der Waals surface area contributed by atoms with E-state index in [1.807, 2.05) is 60.7 Å². The molecule has 0 amide bonds. The van der Waals surface area contributed by atoms with Gasteiger partial charge < -0.3 is 5.21 Å². The van der Waals surface area contributed by atoms with Gasteiger partial charge in [-0.25, -0.2) is 0 Å². The summed E-state index contributed by atoms with van der Waals surface area (Å²) in [7, 11) is 0. The zero-order valence-electron chi connectivity index (χ0n) is 13.1. The number of hydrogen-bond acceptors (Lipinski definition) is 6. The molecule has 0 radical (unpaired) electrons. The minimum absolute atomic E-state index is 0.303. The Morgan fingerprint density at radius 2 is 1.13 bits per heavy atom. The van der Waals surface area contributed by atoms with E-state index >= 15 is 0 Å². The molecule has 6 nitrogen and oxygen atoms in total. The Hall–Kier alpha value is -3.15. The average molecular weight is 309 g/mol. The monoisotopic (exact) mass is 309 g/mol. The second-order valence-corrected chi connectivity index (χ2v) is 4.80. The lowest BCUT2D eigenvalue weighted by atomic mass is 10.2. The van der Waals surface area contributed by atoms with E-state index in [4.69, 9.17) is 0 Å². The van der Waals surface area contributed by atoms with Crippen LogP contribution in [0.4, 0.5) is 11.4 Å². The van der Waals surface area contributed by atoms with Gasteiger partial charge in [0.2, 0.25) is 0 Å². The maximum absolute atomic E-state index is 9.23. The average Bonchev–Trinajstić information content (AvgIpc) is 2.60. The van der Waals surface area contributed by atoms with E-state index in [9.17, 15) is 5.21 Å². The molecule has 0 bridgehead atoms. The molecule has 0 saturated carbocycles. The Bertz CT molecular complexity index is 649. The van der Waals surface area contributed by atoms with Crippen molar-refractivity contribution in [2.45, 2.75) is 13.8 Å². The standard InChI is InChI=1S/C17H19N5O/c1-13(18-20-15-9-5-3-6-10-15)17(22-23)14(2)19-21-16-11-7-4-8-12-16/h3-12,20-21,23H,1-2H3/b18-13-,19-14-. The number of rotatable bonds is 6. The molecule has 0 heterocycles. The first-order valence-electron chi connectivity index (χ1n) is 7.14. The van der Waals surface area contributed by atoms with Crippen LogP contribution in [0.3, 0.4) is 0 Å². The van der Waals surface area contributed by atoms with E-state index in [-0.39, 0.29) is 0 Å². The van der Waals surface area contributed by atoms with Crippen molar-refractivity contribution in [2.24, 2.45) is 15.4 Å². The van der Waals surface area contributed by atoms with Crippen LogP contribution in [0.25, 0.3) is 0 Å². The number of anilines is 2. The largest absolute Gasteiger partial charge is 0.410 e. The molecule has 2 rings (SSSR count). The summed E-state index contributed by atoms with van der Waals surface area (Å²) < 4.78 is 0. The van der Waals surface area contributed by atoms with Crippen molar-refractivity contribution in [1.29, 1.82) is 0 Å². The van der Waals surface area contributed by atoms with E-state index in [1.54, 1.807) is 13.8 Å². The molecule has 0 unspecified atom stereocenters. The van der Waals surface area contributed by atoms with Crippen LogP contribution < -0.4 is 10.9 Å². The molecule has 0 fully saturated rings. The molecular formula is C17H19N5O. The first kappa shape index (κ1) is 16.2. The highest BCUT2D eigenvalue weighted by atomic mass is 16.4. The number of hydrogen-bond donors (Lipinski definition) is 3. The van der Waals surface area contributed by atoms with Gasteiger partial charge in [0.15, 0.2) is 0 Å². The summed E-state index contributed by atoms with van der Waals surface area (Å²) in [6.45, 7) is 3.49. The van der Waals surface area contributed by atoms with Gasteiger partial charge in [0, 0.05) is 0 Å². The van der Waals surface area contributed by atoms with Gasteiger partial charge in [-0.3, -0.25) is 10.9 Å². The fourth-order valence-corrected chi connectivity index (χ4v) is 1.83. The van der Waals surface area contributed by atoms with Crippen molar-refractivity contribution in [1.82, 2.24) is 0 Å². The molecule has 3 N–H and O–H groups in total. The normalized spacial score (nSPS) is 11.7. The van der Waals surface area contributed by atoms with Gasteiger partial charge in [0.05, 0.1) is 22.8 Å². The lowest BCUT2D eigenvalue weighted by Gasteiger charge is -2.06. The van der Waals surface area contributed by atoms with Crippen molar-refractivity contribution >= 4 is 28.5 Å². The predicted octanol–water partition coefficient (Wildman–Crippen LogP) is 3.79. The second-order valence-electron chi connectivity index (χ2n) is 4.80. The highest BCUT2D eigenvalue weighted by Gasteiger charge is 2.09. The zero-order chi connectivity index (χ0) is 16.5. The van der Waals surface area contributed by atoms with Gasteiger partial charge >= 0.3 is 0 Å². The summed E-state index contributed by atoms with van der Waals surface area (Å²) in [5, 5.41) is 20.9. The van der Waals surface area contributed by atoms with Crippen LogP contribution in [0.1, 0.15) is 13.8 Å². The Balaban J connectivity index is 2.05. The van der Waals surface area contributed by atoms with Crippen LogP contribution in [-0.2, 0) is 0 Å². The smallest absolute Gasteiger partial charge is 0.148 e. The Kier molecular flexibility index (Phi) is 5.88. The van der Waals surface area contributed by atoms with Crippen LogP contribution in [0, 0.1) is 0 Å². The zero-order valence-corrected chi connectivity index (χ0v) is 13.1. The summed E-state index contributed by atoms with van der Waals surface area (Å²) >= 11 is 0. The number of nitrogens with one attached hydrogen (secondary N) is 2.